The van der Waals surface area contributed by atoms with Crippen molar-refractivity contribution in [2.75, 3.05) is 6.54 Å². The molecule has 0 spiro atoms. The normalized spacial score (nSPS) is 12.6. The van der Waals surface area contributed by atoms with E-state index >= 15 is 0 Å². The second-order valence-electron chi connectivity index (χ2n) is 4.28. The first-order valence-corrected chi connectivity index (χ1v) is 6.50. The maximum absolute atomic E-state index is 4.39. The lowest BCUT2D eigenvalue weighted by Crippen LogP contribution is -2.31. The standard InChI is InChI=1S/C14H24N2/c1-3-5-6-9-13(15-4-2)12-14-10-7-8-11-16-14/h7-8,10-11,13,15H,3-6,9,12H2,1-2H3. The van der Waals surface area contributed by atoms with Crippen molar-refractivity contribution in [3.8, 4) is 0 Å². The number of pyridine rings is 1. The maximum Gasteiger partial charge on any atom is 0.0419 e. The highest BCUT2D eigenvalue weighted by molar-refractivity contribution is 5.05. The van der Waals surface area contributed by atoms with E-state index in [1.807, 2.05) is 12.3 Å². The summed E-state index contributed by atoms with van der Waals surface area (Å²) >= 11 is 0. The molecule has 1 atom stereocenters. The number of unbranched alkanes of at least 4 members (excludes halogenated alkanes) is 2. The predicted molar refractivity (Wildman–Crippen MR) is 69.5 cm³/mol. The first-order valence-electron chi connectivity index (χ1n) is 6.50. The van der Waals surface area contributed by atoms with E-state index in [4.69, 9.17) is 0 Å². The van der Waals surface area contributed by atoms with Gasteiger partial charge in [-0.25, -0.2) is 0 Å². The minimum atomic E-state index is 0.589. The average Bonchev–Trinajstić information content (AvgIpc) is 2.31. The van der Waals surface area contributed by atoms with Crippen LogP contribution in [-0.4, -0.2) is 17.6 Å². The van der Waals surface area contributed by atoms with Crippen LogP contribution in [0.1, 0.15) is 45.2 Å². The highest BCUT2D eigenvalue weighted by Gasteiger charge is 2.08. The van der Waals surface area contributed by atoms with Gasteiger partial charge in [0.1, 0.15) is 0 Å². The smallest absolute Gasteiger partial charge is 0.0419 e. The first kappa shape index (κ1) is 13.2. The number of rotatable bonds is 8. The highest BCUT2D eigenvalue weighted by Crippen LogP contribution is 2.08. The Morgan fingerprint density at radius 3 is 2.75 bits per heavy atom. The molecule has 0 radical (unpaired) electrons. The molecule has 0 amide bonds. The monoisotopic (exact) mass is 220 g/mol. The molecular formula is C14H24N2. The highest BCUT2D eigenvalue weighted by atomic mass is 14.9. The van der Waals surface area contributed by atoms with E-state index in [2.05, 4.69) is 36.3 Å². The van der Waals surface area contributed by atoms with Gasteiger partial charge >= 0.3 is 0 Å². The lowest BCUT2D eigenvalue weighted by atomic mass is 10.0. The number of hydrogen-bond donors (Lipinski definition) is 1. The Hall–Kier alpha value is -0.890. The van der Waals surface area contributed by atoms with E-state index in [1.54, 1.807) is 0 Å². The van der Waals surface area contributed by atoms with Crippen molar-refractivity contribution in [2.45, 2.75) is 52.0 Å². The minimum absolute atomic E-state index is 0.589. The Kier molecular flexibility index (Phi) is 6.82. The van der Waals surface area contributed by atoms with Crippen molar-refractivity contribution < 1.29 is 0 Å². The summed E-state index contributed by atoms with van der Waals surface area (Å²) in [5.41, 5.74) is 1.20. The molecule has 1 unspecified atom stereocenters. The number of hydrogen-bond acceptors (Lipinski definition) is 2. The molecule has 0 aliphatic heterocycles. The van der Waals surface area contributed by atoms with Crippen LogP contribution < -0.4 is 5.32 Å². The fourth-order valence-corrected chi connectivity index (χ4v) is 1.98. The fourth-order valence-electron chi connectivity index (χ4n) is 1.98. The van der Waals surface area contributed by atoms with Gasteiger partial charge in [-0.3, -0.25) is 4.98 Å². The quantitative estimate of drug-likeness (QED) is 0.681. The van der Waals surface area contributed by atoms with Crippen molar-refractivity contribution >= 4 is 0 Å². The minimum Gasteiger partial charge on any atom is -0.314 e. The molecule has 0 aromatic carbocycles. The molecule has 1 heterocycles. The van der Waals surface area contributed by atoms with Gasteiger partial charge in [-0.15, -0.1) is 0 Å². The zero-order valence-corrected chi connectivity index (χ0v) is 10.6. The van der Waals surface area contributed by atoms with Gasteiger partial charge in [0, 0.05) is 24.4 Å². The molecule has 1 aromatic rings. The third kappa shape index (κ3) is 5.26. The molecule has 1 rings (SSSR count). The van der Waals surface area contributed by atoms with Crippen LogP contribution in [0.25, 0.3) is 0 Å². The molecule has 0 saturated carbocycles. The van der Waals surface area contributed by atoms with E-state index in [9.17, 15) is 0 Å². The Balaban J connectivity index is 2.38. The first-order chi connectivity index (χ1) is 7.86. The maximum atomic E-state index is 4.39. The summed E-state index contributed by atoms with van der Waals surface area (Å²) < 4.78 is 0. The third-order valence-corrected chi connectivity index (χ3v) is 2.83. The van der Waals surface area contributed by atoms with Crippen LogP contribution in [0.2, 0.25) is 0 Å². The Morgan fingerprint density at radius 2 is 2.12 bits per heavy atom. The van der Waals surface area contributed by atoms with Gasteiger partial charge in [0.25, 0.3) is 0 Å². The van der Waals surface area contributed by atoms with Gasteiger partial charge in [-0.2, -0.15) is 0 Å². The predicted octanol–water partition coefficient (Wildman–Crippen LogP) is 3.18. The van der Waals surface area contributed by atoms with Crippen molar-refractivity contribution in [1.29, 1.82) is 0 Å². The summed E-state index contributed by atoms with van der Waals surface area (Å²) in [5.74, 6) is 0. The molecule has 2 nitrogen and oxygen atoms in total. The van der Waals surface area contributed by atoms with E-state index < -0.39 is 0 Å². The van der Waals surface area contributed by atoms with Crippen molar-refractivity contribution in [3.05, 3.63) is 30.1 Å². The van der Waals surface area contributed by atoms with E-state index in [0.29, 0.717) is 6.04 Å². The van der Waals surface area contributed by atoms with Gasteiger partial charge in [0.05, 0.1) is 0 Å². The largest absolute Gasteiger partial charge is 0.314 e. The lowest BCUT2D eigenvalue weighted by Gasteiger charge is -2.17. The number of nitrogens with zero attached hydrogens (tertiary/aromatic N) is 1. The van der Waals surface area contributed by atoms with Crippen LogP contribution in [-0.2, 0) is 6.42 Å². The molecule has 0 aliphatic carbocycles. The SMILES string of the molecule is CCCCCC(Cc1ccccn1)NCC. The molecule has 16 heavy (non-hydrogen) atoms. The van der Waals surface area contributed by atoms with Crippen molar-refractivity contribution in [3.63, 3.8) is 0 Å². The average molecular weight is 220 g/mol. The summed E-state index contributed by atoms with van der Waals surface area (Å²) in [7, 11) is 0. The Morgan fingerprint density at radius 1 is 1.25 bits per heavy atom. The molecular weight excluding hydrogens is 196 g/mol. The third-order valence-electron chi connectivity index (χ3n) is 2.83. The summed E-state index contributed by atoms with van der Waals surface area (Å²) in [6, 6.07) is 6.75. The van der Waals surface area contributed by atoms with Crippen molar-refractivity contribution in [1.82, 2.24) is 10.3 Å². The fraction of sp³-hybridized carbons (Fsp3) is 0.643. The Labute approximate surface area is 99.5 Å². The molecule has 0 fully saturated rings. The molecule has 90 valence electrons. The molecule has 0 bridgehead atoms. The number of nitrogens with one attached hydrogen (secondary N) is 1. The number of likely N-dealkylation sites (N-methyl/N-ethyl adjacent to an activating group) is 1. The molecule has 2 heteroatoms. The summed E-state index contributed by atoms with van der Waals surface area (Å²) in [4.78, 5) is 4.39. The van der Waals surface area contributed by atoms with Crippen molar-refractivity contribution in [2.24, 2.45) is 0 Å². The lowest BCUT2D eigenvalue weighted by molar-refractivity contribution is 0.463. The van der Waals surface area contributed by atoms with E-state index in [0.717, 1.165) is 13.0 Å². The van der Waals surface area contributed by atoms with Crippen LogP contribution in [0, 0.1) is 0 Å². The summed E-state index contributed by atoms with van der Waals surface area (Å²) in [6.45, 7) is 5.47. The zero-order valence-electron chi connectivity index (χ0n) is 10.6. The Bertz CT molecular complexity index is 259. The second kappa shape index (κ2) is 8.28. The van der Waals surface area contributed by atoms with E-state index in [-0.39, 0.29) is 0 Å². The second-order valence-corrected chi connectivity index (χ2v) is 4.28. The van der Waals surface area contributed by atoms with Crippen LogP contribution >= 0.6 is 0 Å². The van der Waals surface area contributed by atoms with E-state index in [1.165, 1.54) is 31.4 Å². The summed E-state index contributed by atoms with van der Waals surface area (Å²) in [6.07, 6.45) is 8.15. The van der Waals surface area contributed by atoms with Gasteiger partial charge in [-0.05, 0) is 25.1 Å². The zero-order chi connectivity index (χ0) is 11.6. The number of aromatic nitrogens is 1. The van der Waals surface area contributed by atoms with Gasteiger partial charge in [0.15, 0.2) is 0 Å². The van der Waals surface area contributed by atoms with Gasteiger partial charge < -0.3 is 5.32 Å². The van der Waals surface area contributed by atoms with Crippen LogP contribution in [0.4, 0.5) is 0 Å². The molecule has 1 aromatic heterocycles. The topological polar surface area (TPSA) is 24.9 Å². The van der Waals surface area contributed by atoms with Gasteiger partial charge in [-0.1, -0.05) is 39.2 Å². The van der Waals surface area contributed by atoms with Crippen LogP contribution in [0.3, 0.4) is 0 Å². The van der Waals surface area contributed by atoms with Crippen LogP contribution in [0.5, 0.6) is 0 Å². The molecule has 0 aliphatic rings. The molecule has 1 N–H and O–H groups in total. The summed E-state index contributed by atoms with van der Waals surface area (Å²) in [5, 5.41) is 3.55. The van der Waals surface area contributed by atoms with Crippen LogP contribution in [0.15, 0.2) is 24.4 Å². The molecule has 0 saturated heterocycles. The van der Waals surface area contributed by atoms with Gasteiger partial charge in [0.2, 0.25) is 0 Å².